The standard InChI is InChI=1S/C6H8N4O2/c1-8-10-4-5(11)3(6(4)12)9-2-7/h3-6,9-12H. The Balaban J connectivity index is 2.47. The van der Waals surface area contributed by atoms with Gasteiger partial charge in [-0.1, -0.05) is 0 Å². The maximum absolute atomic E-state index is 9.22. The van der Waals surface area contributed by atoms with E-state index in [9.17, 15) is 10.2 Å². The maximum atomic E-state index is 9.22. The van der Waals surface area contributed by atoms with Gasteiger partial charge in [-0.15, -0.1) is 5.43 Å². The van der Waals surface area contributed by atoms with Gasteiger partial charge in [0.15, 0.2) is 6.19 Å². The predicted molar refractivity (Wildman–Crippen MR) is 38.1 cm³/mol. The maximum Gasteiger partial charge on any atom is 0.176 e. The zero-order chi connectivity index (χ0) is 9.14. The second-order valence-corrected chi connectivity index (χ2v) is 2.53. The molecule has 1 fully saturated rings. The summed E-state index contributed by atoms with van der Waals surface area (Å²) >= 11 is 0. The van der Waals surface area contributed by atoms with Crippen LogP contribution in [0, 0.1) is 18.0 Å². The predicted octanol–water partition coefficient (Wildman–Crippen LogP) is -2.05. The SMILES string of the molecule is [C-]#[N+]NC1C(O)C(NC#N)C1O. The average Bonchev–Trinajstić information content (AvgIpc) is 2.10. The summed E-state index contributed by atoms with van der Waals surface area (Å²) in [5.41, 5.74) is 2.21. The highest BCUT2D eigenvalue weighted by Gasteiger charge is 2.51. The first kappa shape index (κ1) is 8.60. The minimum Gasteiger partial charge on any atom is -0.388 e. The Morgan fingerprint density at radius 3 is 2.33 bits per heavy atom. The fourth-order valence-electron chi connectivity index (χ4n) is 1.18. The van der Waals surface area contributed by atoms with Gasteiger partial charge in [-0.05, 0) is 0 Å². The fraction of sp³-hybridized carbons (Fsp3) is 0.667. The molecule has 1 saturated carbocycles. The van der Waals surface area contributed by atoms with Crippen molar-refractivity contribution < 1.29 is 10.2 Å². The first-order chi connectivity index (χ1) is 5.72. The van der Waals surface area contributed by atoms with E-state index in [4.69, 9.17) is 11.8 Å². The van der Waals surface area contributed by atoms with Crippen molar-refractivity contribution >= 4 is 0 Å². The molecule has 64 valence electrons. The first-order valence-electron chi connectivity index (χ1n) is 3.35. The Hall–Kier alpha value is -1.50. The minimum atomic E-state index is -0.895. The van der Waals surface area contributed by atoms with Crippen molar-refractivity contribution in [2.75, 3.05) is 0 Å². The second-order valence-electron chi connectivity index (χ2n) is 2.53. The van der Waals surface area contributed by atoms with E-state index in [0.29, 0.717) is 0 Å². The molecule has 0 saturated heterocycles. The Morgan fingerprint density at radius 2 is 1.92 bits per heavy atom. The third-order valence-corrected chi connectivity index (χ3v) is 1.92. The van der Waals surface area contributed by atoms with Crippen LogP contribution in [0.4, 0.5) is 0 Å². The molecule has 0 spiro atoms. The molecule has 0 aliphatic heterocycles. The molecule has 12 heavy (non-hydrogen) atoms. The lowest BCUT2D eigenvalue weighted by Crippen LogP contribution is -2.72. The van der Waals surface area contributed by atoms with Crippen molar-refractivity contribution in [1.82, 2.24) is 10.7 Å². The number of aliphatic hydroxyl groups excluding tert-OH is 2. The van der Waals surface area contributed by atoms with E-state index in [0.717, 1.165) is 0 Å². The molecule has 2 atom stereocenters. The van der Waals surface area contributed by atoms with E-state index in [2.05, 4.69) is 15.7 Å². The third kappa shape index (κ3) is 1.14. The smallest absolute Gasteiger partial charge is 0.176 e. The van der Waals surface area contributed by atoms with Gasteiger partial charge >= 0.3 is 0 Å². The van der Waals surface area contributed by atoms with Crippen LogP contribution in [0.2, 0.25) is 0 Å². The fourth-order valence-corrected chi connectivity index (χ4v) is 1.18. The number of aliphatic hydroxyl groups is 2. The van der Waals surface area contributed by atoms with E-state index in [-0.39, 0.29) is 0 Å². The highest BCUT2D eigenvalue weighted by Crippen LogP contribution is 2.21. The zero-order valence-electron chi connectivity index (χ0n) is 6.10. The lowest BCUT2D eigenvalue weighted by atomic mass is 9.80. The number of hydrogen-bond acceptors (Lipinski definition) is 5. The monoisotopic (exact) mass is 168 g/mol. The normalized spacial score (nSPS) is 38.7. The van der Waals surface area contributed by atoms with Gasteiger partial charge in [0.25, 0.3) is 0 Å². The van der Waals surface area contributed by atoms with Crippen molar-refractivity contribution in [3.8, 4) is 6.19 Å². The first-order valence-corrected chi connectivity index (χ1v) is 3.35. The summed E-state index contributed by atoms with van der Waals surface area (Å²) in [5, 5.41) is 28.9. The van der Waals surface area contributed by atoms with Crippen LogP contribution in [0.15, 0.2) is 0 Å². The zero-order valence-corrected chi connectivity index (χ0v) is 6.10. The molecular weight excluding hydrogens is 160 g/mol. The van der Waals surface area contributed by atoms with E-state index < -0.39 is 24.3 Å². The van der Waals surface area contributed by atoms with Crippen LogP contribution in [0.1, 0.15) is 0 Å². The molecule has 6 nitrogen and oxygen atoms in total. The van der Waals surface area contributed by atoms with Crippen LogP contribution in [0.5, 0.6) is 0 Å². The molecule has 0 aromatic carbocycles. The summed E-state index contributed by atoms with van der Waals surface area (Å²) in [4.78, 5) is 2.82. The molecule has 6 heteroatoms. The highest BCUT2D eigenvalue weighted by molar-refractivity contribution is 5.09. The molecule has 4 N–H and O–H groups in total. The van der Waals surface area contributed by atoms with Crippen LogP contribution in [-0.2, 0) is 0 Å². The minimum absolute atomic E-state index is 0.658. The number of nitriles is 1. The van der Waals surface area contributed by atoms with E-state index in [1.165, 1.54) is 0 Å². The van der Waals surface area contributed by atoms with Crippen molar-refractivity contribution in [3.05, 3.63) is 11.5 Å². The summed E-state index contributed by atoms with van der Waals surface area (Å²) in [6.45, 7) is 6.42. The number of rotatable bonds is 2. The molecule has 0 heterocycles. The van der Waals surface area contributed by atoms with Crippen molar-refractivity contribution in [2.45, 2.75) is 24.3 Å². The van der Waals surface area contributed by atoms with Gasteiger partial charge in [0, 0.05) is 0 Å². The number of nitrogens with one attached hydrogen (secondary N) is 2. The molecule has 1 rings (SSSR count). The molecule has 1 aliphatic rings. The summed E-state index contributed by atoms with van der Waals surface area (Å²) in [7, 11) is 0. The number of nitrogens with zero attached hydrogens (tertiary/aromatic N) is 2. The van der Waals surface area contributed by atoms with E-state index >= 15 is 0 Å². The van der Waals surface area contributed by atoms with Crippen LogP contribution < -0.4 is 10.7 Å². The van der Waals surface area contributed by atoms with Gasteiger partial charge < -0.3 is 15.5 Å². The Bertz CT molecular complexity index is 209. The third-order valence-electron chi connectivity index (χ3n) is 1.92. The largest absolute Gasteiger partial charge is 0.388 e. The van der Waals surface area contributed by atoms with Crippen LogP contribution >= 0.6 is 0 Å². The molecule has 0 aromatic rings. The Kier molecular flexibility index (Phi) is 2.34. The summed E-state index contributed by atoms with van der Waals surface area (Å²) in [6.07, 6.45) is -0.171. The van der Waals surface area contributed by atoms with Crippen LogP contribution in [0.25, 0.3) is 4.95 Å². The summed E-state index contributed by atoms with van der Waals surface area (Å²) in [6, 6.07) is -1.32. The van der Waals surface area contributed by atoms with Gasteiger partial charge in [0.1, 0.15) is 18.2 Å². The average molecular weight is 168 g/mol. The molecule has 0 aromatic heterocycles. The van der Waals surface area contributed by atoms with Crippen LogP contribution in [0.3, 0.4) is 0 Å². The highest BCUT2D eigenvalue weighted by atomic mass is 16.3. The van der Waals surface area contributed by atoms with Crippen molar-refractivity contribution in [2.24, 2.45) is 0 Å². The van der Waals surface area contributed by atoms with Gasteiger partial charge in [0.2, 0.25) is 0 Å². The van der Waals surface area contributed by atoms with Gasteiger partial charge in [-0.2, -0.15) is 16.8 Å². The quantitative estimate of drug-likeness (QED) is 0.165. The van der Waals surface area contributed by atoms with Gasteiger partial charge in [-0.3, -0.25) is 0 Å². The lowest BCUT2D eigenvalue weighted by molar-refractivity contribution is -0.0887. The van der Waals surface area contributed by atoms with Gasteiger partial charge in [-0.25, -0.2) is 0 Å². The van der Waals surface area contributed by atoms with Crippen molar-refractivity contribution in [1.29, 1.82) is 5.26 Å². The molecule has 0 amide bonds. The van der Waals surface area contributed by atoms with Gasteiger partial charge in [0.05, 0.1) is 6.04 Å². The second kappa shape index (κ2) is 3.26. The summed E-state index contributed by atoms with van der Waals surface area (Å²) in [5.74, 6) is 0. The molecule has 0 bridgehead atoms. The lowest BCUT2D eigenvalue weighted by Gasteiger charge is -2.42. The molecule has 1 aliphatic carbocycles. The Labute approximate surface area is 69.2 Å². The molecule has 2 unspecified atom stereocenters. The van der Waals surface area contributed by atoms with Crippen molar-refractivity contribution in [3.63, 3.8) is 0 Å². The molecular formula is C6H8N4O2. The molecule has 0 radical (unpaired) electrons. The van der Waals surface area contributed by atoms with E-state index in [1.54, 1.807) is 6.19 Å². The number of hydrogen-bond donors (Lipinski definition) is 4. The van der Waals surface area contributed by atoms with Crippen LogP contribution in [-0.4, -0.2) is 34.5 Å². The Morgan fingerprint density at radius 1 is 1.33 bits per heavy atom. The van der Waals surface area contributed by atoms with E-state index in [1.807, 2.05) is 0 Å². The summed E-state index contributed by atoms with van der Waals surface area (Å²) < 4.78 is 0. The topological polar surface area (TPSA) is 92.7 Å².